The highest BCUT2D eigenvalue weighted by Gasteiger charge is 1.78. The highest BCUT2D eigenvalue weighted by Crippen LogP contribution is 1.86. The van der Waals surface area contributed by atoms with Crippen LogP contribution in [0.1, 0.15) is 33.6 Å². The SMILES string of the molecule is CCCCNC=C(C)C. The smallest absolute Gasteiger partial charge is 0.0141 e. The molecule has 1 N–H and O–H groups in total. The van der Waals surface area contributed by atoms with E-state index in [0.29, 0.717) is 0 Å². The van der Waals surface area contributed by atoms with Crippen LogP contribution in [0.3, 0.4) is 0 Å². The van der Waals surface area contributed by atoms with Crippen molar-refractivity contribution < 1.29 is 0 Å². The van der Waals surface area contributed by atoms with Gasteiger partial charge in [-0.25, -0.2) is 0 Å². The van der Waals surface area contributed by atoms with Crippen LogP contribution in [0.4, 0.5) is 0 Å². The standard InChI is InChI=1S/C8H17N/c1-4-5-6-9-7-8(2)3/h7,9H,4-6H2,1-3H3. The van der Waals surface area contributed by atoms with Crippen LogP contribution in [0.5, 0.6) is 0 Å². The Hall–Kier alpha value is -0.460. The first kappa shape index (κ1) is 8.54. The van der Waals surface area contributed by atoms with E-state index in [2.05, 4.69) is 32.3 Å². The average molecular weight is 127 g/mol. The Labute approximate surface area is 58.2 Å². The number of hydrogen-bond acceptors (Lipinski definition) is 1. The molecule has 0 fully saturated rings. The Kier molecular flexibility index (Phi) is 5.38. The summed E-state index contributed by atoms with van der Waals surface area (Å²) in [5.74, 6) is 0. The quantitative estimate of drug-likeness (QED) is 0.571. The number of allylic oxidation sites excluding steroid dienone is 1. The molecule has 0 aromatic rings. The minimum atomic E-state index is 1.11. The van der Waals surface area contributed by atoms with Crippen molar-refractivity contribution in [3.05, 3.63) is 11.8 Å². The maximum Gasteiger partial charge on any atom is 0.0141 e. The van der Waals surface area contributed by atoms with Crippen molar-refractivity contribution in [1.29, 1.82) is 0 Å². The van der Waals surface area contributed by atoms with Gasteiger partial charge in [0.2, 0.25) is 0 Å². The summed E-state index contributed by atoms with van der Waals surface area (Å²) in [7, 11) is 0. The summed E-state index contributed by atoms with van der Waals surface area (Å²) in [5.41, 5.74) is 1.34. The highest BCUT2D eigenvalue weighted by molar-refractivity contribution is 4.90. The second-order valence-corrected chi connectivity index (χ2v) is 2.53. The molecule has 0 aliphatic carbocycles. The van der Waals surface area contributed by atoms with Gasteiger partial charge in [0.15, 0.2) is 0 Å². The molecule has 0 aliphatic rings. The Balaban J connectivity index is 3.00. The Bertz CT molecular complexity index is 80.6. The molecule has 0 spiro atoms. The van der Waals surface area contributed by atoms with Crippen LogP contribution in [0.15, 0.2) is 11.8 Å². The van der Waals surface area contributed by atoms with Crippen molar-refractivity contribution in [2.24, 2.45) is 0 Å². The van der Waals surface area contributed by atoms with Gasteiger partial charge in [0.1, 0.15) is 0 Å². The predicted molar refractivity (Wildman–Crippen MR) is 42.3 cm³/mol. The van der Waals surface area contributed by atoms with Crippen LogP contribution in [0.2, 0.25) is 0 Å². The third-order valence-electron chi connectivity index (χ3n) is 1.07. The van der Waals surface area contributed by atoms with E-state index in [0.717, 1.165) is 6.54 Å². The Morgan fingerprint density at radius 1 is 1.44 bits per heavy atom. The summed E-state index contributed by atoms with van der Waals surface area (Å²) in [6, 6.07) is 0. The molecule has 9 heavy (non-hydrogen) atoms. The van der Waals surface area contributed by atoms with Crippen molar-refractivity contribution >= 4 is 0 Å². The Morgan fingerprint density at radius 2 is 2.11 bits per heavy atom. The van der Waals surface area contributed by atoms with Gasteiger partial charge in [0.25, 0.3) is 0 Å². The molecular weight excluding hydrogens is 110 g/mol. The van der Waals surface area contributed by atoms with E-state index in [9.17, 15) is 0 Å². The number of hydrogen-bond donors (Lipinski definition) is 1. The van der Waals surface area contributed by atoms with Crippen LogP contribution in [0, 0.1) is 0 Å². The minimum absolute atomic E-state index is 1.11. The van der Waals surface area contributed by atoms with Gasteiger partial charge < -0.3 is 5.32 Å². The molecule has 0 aliphatic heterocycles. The third-order valence-corrected chi connectivity index (χ3v) is 1.07. The molecule has 1 heteroatoms. The van der Waals surface area contributed by atoms with E-state index < -0.39 is 0 Å². The summed E-state index contributed by atoms with van der Waals surface area (Å²) in [4.78, 5) is 0. The van der Waals surface area contributed by atoms with E-state index in [1.807, 2.05) is 0 Å². The molecule has 0 heterocycles. The maximum atomic E-state index is 3.22. The van der Waals surface area contributed by atoms with E-state index >= 15 is 0 Å². The summed E-state index contributed by atoms with van der Waals surface area (Å²) in [5, 5.41) is 3.22. The Morgan fingerprint density at radius 3 is 2.56 bits per heavy atom. The van der Waals surface area contributed by atoms with Crippen molar-refractivity contribution in [2.45, 2.75) is 33.6 Å². The lowest BCUT2D eigenvalue weighted by Crippen LogP contribution is -2.06. The molecule has 0 unspecified atom stereocenters. The van der Waals surface area contributed by atoms with Crippen LogP contribution >= 0.6 is 0 Å². The first-order chi connectivity index (χ1) is 4.27. The molecule has 0 saturated heterocycles. The van der Waals surface area contributed by atoms with Gasteiger partial charge in [-0.05, 0) is 26.5 Å². The fraction of sp³-hybridized carbons (Fsp3) is 0.750. The topological polar surface area (TPSA) is 12.0 Å². The molecule has 0 aromatic heterocycles. The van der Waals surface area contributed by atoms with E-state index in [-0.39, 0.29) is 0 Å². The molecule has 54 valence electrons. The second-order valence-electron chi connectivity index (χ2n) is 2.53. The van der Waals surface area contributed by atoms with Crippen molar-refractivity contribution in [1.82, 2.24) is 5.32 Å². The first-order valence-corrected chi connectivity index (χ1v) is 3.64. The zero-order valence-electron chi connectivity index (χ0n) is 6.70. The third kappa shape index (κ3) is 7.54. The molecule has 0 amide bonds. The molecule has 1 nitrogen and oxygen atoms in total. The van der Waals surface area contributed by atoms with Gasteiger partial charge in [-0.1, -0.05) is 18.9 Å². The summed E-state index contributed by atoms with van der Waals surface area (Å²) in [6.07, 6.45) is 4.60. The van der Waals surface area contributed by atoms with Gasteiger partial charge in [-0.15, -0.1) is 0 Å². The molecule has 0 rings (SSSR count). The highest BCUT2D eigenvalue weighted by atomic mass is 14.8. The number of unbranched alkanes of at least 4 members (excludes halogenated alkanes) is 1. The average Bonchev–Trinajstić information content (AvgIpc) is 1.80. The van der Waals surface area contributed by atoms with Crippen molar-refractivity contribution in [3.63, 3.8) is 0 Å². The zero-order chi connectivity index (χ0) is 7.11. The normalized spacial score (nSPS) is 8.78. The lowest BCUT2D eigenvalue weighted by molar-refractivity contribution is 0.732. The first-order valence-electron chi connectivity index (χ1n) is 3.64. The maximum absolute atomic E-state index is 3.22. The van der Waals surface area contributed by atoms with Crippen LogP contribution in [0.25, 0.3) is 0 Å². The number of nitrogens with one attached hydrogen (secondary N) is 1. The fourth-order valence-corrected chi connectivity index (χ4v) is 0.555. The summed E-state index contributed by atoms with van der Waals surface area (Å²) >= 11 is 0. The van der Waals surface area contributed by atoms with Crippen molar-refractivity contribution in [3.8, 4) is 0 Å². The lowest BCUT2D eigenvalue weighted by Gasteiger charge is -1.97. The second kappa shape index (κ2) is 5.67. The van der Waals surface area contributed by atoms with Gasteiger partial charge in [-0.2, -0.15) is 0 Å². The molecule has 0 bridgehead atoms. The molecule has 0 radical (unpaired) electrons. The monoisotopic (exact) mass is 127 g/mol. The summed E-state index contributed by atoms with van der Waals surface area (Å²) in [6.45, 7) is 7.50. The van der Waals surface area contributed by atoms with Gasteiger partial charge in [0, 0.05) is 6.54 Å². The molecule has 0 saturated carbocycles. The number of rotatable bonds is 4. The van der Waals surface area contributed by atoms with Crippen LogP contribution < -0.4 is 5.32 Å². The van der Waals surface area contributed by atoms with Gasteiger partial charge >= 0.3 is 0 Å². The van der Waals surface area contributed by atoms with Gasteiger partial charge in [0.05, 0.1) is 0 Å². The van der Waals surface area contributed by atoms with E-state index in [1.165, 1.54) is 18.4 Å². The lowest BCUT2D eigenvalue weighted by atomic mass is 10.3. The van der Waals surface area contributed by atoms with Gasteiger partial charge in [-0.3, -0.25) is 0 Å². The summed E-state index contributed by atoms with van der Waals surface area (Å²) < 4.78 is 0. The largest absolute Gasteiger partial charge is 0.391 e. The van der Waals surface area contributed by atoms with Crippen LogP contribution in [-0.2, 0) is 0 Å². The molecule has 0 aromatic carbocycles. The van der Waals surface area contributed by atoms with Crippen molar-refractivity contribution in [2.75, 3.05) is 6.54 Å². The predicted octanol–water partition coefficient (Wildman–Crippen LogP) is 2.30. The van der Waals surface area contributed by atoms with E-state index in [4.69, 9.17) is 0 Å². The minimum Gasteiger partial charge on any atom is -0.391 e. The molecular formula is C8H17N. The zero-order valence-corrected chi connectivity index (χ0v) is 6.70. The van der Waals surface area contributed by atoms with Crippen LogP contribution in [-0.4, -0.2) is 6.54 Å². The molecule has 0 atom stereocenters. The fourth-order valence-electron chi connectivity index (χ4n) is 0.555. The van der Waals surface area contributed by atoms with E-state index in [1.54, 1.807) is 0 Å².